The molecule has 0 bridgehead atoms. The molecule has 0 spiro atoms. The number of rotatable bonds is 5. The van der Waals surface area contributed by atoms with Crippen LogP contribution in [0.4, 0.5) is 5.82 Å². The van der Waals surface area contributed by atoms with E-state index in [2.05, 4.69) is 21.8 Å². The Kier molecular flexibility index (Phi) is 4.30. The van der Waals surface area contributed by atoms with Gasteiger partial charge in [0.2, 0.25) is 0 Å². The minimum absolute atomic E-state index is 0.773. The molecule has 19 heavy (non-hydrogen) atoms. The lowest BCUT2D eigenvalue weighted by Crippen LogP contribution is -2.17. The average molecular weight is 274 g/mol. The largest absolute Gasteiger partial charge is 0.478 e. The van der Waals surface area contributed by atoms with Crippen LogP contribution < -0.4 is 4.90 Å². The van der Waals surface area contributed by atoms with E-state index in [4.69, 9.17) is 5.11 Å². The average Bonchev–Trinajstić information content (AvgIpc) is 2.89. The number of aromatic nitrogens is 1. The van der Waals surface area contributed by atoms with Crippen LogP contribution in [0.3, 0.4) is 0 Å². The van der Waals surface area contributed by atoms with Gasteiger partial charge >= 0.3 is 5.97 Å². The number of carbonyl (C=O) groups is 1. The van der Waals surface area contributed by atoms with E-state index in [1.54, 1.807) is 17.5 Å². The molecule has 0 aliphatic rings. The Labute approximate surface area is 115 Å². The third-order valence-corrected chi connectivity index (χ3v) is 3.31. The van der Waals surface area contributed by atoms with Crippen molar-refractivity contribution in [2.45, 2.75) is 6.54 Å². The molecular formula is C14H14N2O2S. The standard InChI is InChI=1S/C14H14N2O2S/c1-16(9-12-6-7-19-10-12)13-4-2-11(8-15-13)3-5-14(17)18/h2-8,10H,9H2,1H3,(H,17,18)/b5-3+. The van der Waals surface area contributed by atoms with E-state index in [0.29, 0.717) is 0 Å². The van der Waals surface area contributed by atoms with Gasteiger partial charge in [-0.1, -0.05) is 0 Å². The lowest BCUT2D eigenvalue weighted by Gasteiger charge is -2.17. The number of carboxylic acid groups (broad SMARTS) is 1. The normalized spacial score (nSPS) is 10.8. The molecule has 2 rings (SSSR count). The maximum Gasteiger partial charge on any atom is 0.328 e. The van der Waals surface area contributed by atoms with Gasteiger partial charge in [0.05, 0.1) is 0 Å². The van der Waals surface area contributed by atoms with Crippen molar-refractivity contribution in [3.8, 4) is 0 Å². The highest BCUT2D eigenvalue weighted by Gasteiger charge is 2.03. The van der Waals surface area contributed by atoms with E-state index in [1.165, 1.54) is 11.6 Å². The van der Waals surface area contributed by atoms with E-state index in [0.717, 1.165) is 24.0 Å². The first-order valence-corrected chi connectivity index (χ1v) is 6.69. The van der Waals surface area contributed by atoms with Crippen LogP contribution in [-0.2, 0) is 11.3 Å². The summed E-state index contributed by atoms with van der Waals surface area (Å²) in [6.07, 6.45) is 4.29. The smallest absolute Gasteiger partial charge is 0.328 e. The predicted octanol–water partition coefficient (Wildman–Crippen LogP) is 2.88. The van der Waals surface area contributed by atoms with Crippen molar-refractivity contribution < 1.29 is 9.90 Å². The minimum Gasteiger partial charge on any atom is -0.478 e. The first-order chi connectivity index (χ1) is 9.15. The molecule has 0 atom stereocenters. The SMILES string of the molecule is CN(Cc1ccsc1)c1ccc(/C=C/C(=O)O)cn1. The lowest BCUT2D eigenvalue weighted by atomic mass is 10.2. The summed E-state index contributed by atoms with van der Waals surface area (Å²) >= 11 is 1.68. The van der Waals surface area contributed by atoms with Crippen molar-refractivity contribution in [2.75, 3.05) is 11.9 Å². The second kappa shape index (κ2) is 6.15. The van der Waals surface area contributed by atoms with Crippen molar-refractivity contribution in [3.05, 3.63) is 52.4 Å². The molecule has 0 unspecified atom stereocenters. The molecule has 5 heteroatoms. The quantitative estimate of drug-likeness (QED) is 0.852. The Bertz CT molecular complexity index is 562. The summed E-state index contributed by atoms with van der Waals surface area (Å²) in [5.74, 6) is -0.0997. The van der Waals surface area contributed by atoms with Crippen LogP contribution in [0.25, 0.3) is 6.08 Å². The molecule has 0 aliphatic carbocycles. The minimum atomic E-state index is -0.960. The number of anilines is 1. The van der Waals surface area contributed by atoms with Gasteiger partial charge in [-0.05, 0) is 46.2 Å². The fourth-order valence-corrected chi connectivity index (χ4v) is 2.29. The van der Waals surface area contributed by atoms with Crippen molar-refractivity contribution in [1.29, 1.82) is 0 Å². The fraction of sp³-hybridized carbons (Fsp3) is 0.143. The van der Waals surface area contributed by atoms with Crippen molar-refractivity contribution in [1.82, 2.24) is 4.98 Å². The van der Waals surface area contributed by atoms with E-state index >= 15 is 0 Å². The summed E-state index contributed by atoms with van der Waals surface area (Å²) < 4.78 is 0. The molecule has 0 aromatic carbocycles. The molecule has 2 heterocycles. The van der Waals surface area contributed by atoms with Gasteiger partial charge in [-0.2, -0.15) is 11.3 Å². The number of nitrogens with zero attached hydrogens (tertiary/aromatic N) is 2. The van der Waals surface area contributed by atoms with Crippen LogP contribution >= 0.6 is 11.3 Å². The molecule has 1 N–H and O–H groups in total. The molecule has 0 aliphatic heterocycles. The van der Waals surface area contributed by atoms with Gasteiger partial charge < -0.3 is 10.0 Å². The Morgan fingerprint density at radius 2 is 2.32 bits per heavy atom. The monoisotopic (exact) mass is 274 g/mol. The van der Waals surface area contributed by atoms with Crippen molar-refractivity contribution >= 4 is 29.2 Å². The number of aliphatic carboxylic acids is 1. The van der Waals surface area contributed by atoms with Crippen LogP contribution in [0.2, 0.25) is 0 Å². The summed E-state index contributed by atoms with van der Waals surface area (Å²) in [7, 11) is 1.98. The Morgan fingerprint density at radius 1 is 1.47 bits per heavy atom. The Morgan fingerprint density at radius 3 is 2.89 bits per heavy atom. The van der Waals surface area contributed by atoms with Crippen LogP contribution in [0, 0.1) is 0 Å². The van der Waals surface area contributed by atoms with Crippen LogP contribution in [-0.4, -0.2) is 23.1 Å². The van der Waals surface area contributed by atoms with Crippen LogP contribution in [0.15, 0.2) is 41.2 Å². The summed E-state index contributed by atoms with van der Waals surface area (Å²) in [5, 5.41) is 12.7. The highest BCUT2D eigenvalue weighted by atomic mass is 32.1. The molecule has 0 saturated carbocycles. The van der Waals surface area contributed by atoms with Crippen molar-refractivity contribution in [2.24, 2.45) is 0 Å². The Hall–Kier alpha value is -2.14. The molecule has 0 fully saturated rings. The van der Waals surface area contributed by atoms with Crippen molar-refractivity contribution in [3.63, 3.8) is 0 Å². The maximum absolute atomic E-state index is 10.4. The number of thiophene rings is 1. The number of carboxylic acids is 1. The summed E-state index contributed by atoms with van der Waals surface area (Å²) in [6, 6.07) is 5.82. The highest BCUT2D eigenvalue weighted by Crippen LogP contribution is 2.15. The Balaban J connectivity index is 2.03. The highest BCUT2D eigenvalue weighted by molar-refractivity contribution is 7.07. The van der Waals surface area contributed by atoms with E-state index in [1.807, 2.05) is 24.1 Å². The summed E-state index contributed by atoms with van der Waals surface area (Å²) in [5.41, 5.74) is 2.03. The molecule has 0 amide bonds. The van der Waals surface area contributed by atoms with E-state index in [-0.39, 0.29) is 0 Å². The van der Waals surface area contributed by atoms with Crippen LogP contribution in [0.5, 0.6) is 0 Å². The van der Waals surface area contributed by atoms with Gasteiger partial charge in [0.15, 0.2) is 0 Å². The van der Waals surface area contributed by atoms with Gasteiger partial charge in [-0.25, -0.2) is 9.78 Å². The van der Waals surface area contributed by atoms with Gasteiger partial charge in [0, 0.05) is 25.9 Å². The second-order valence-electron chi connectivity index (χ2n) is 4.11. The van der Waals surface area contributed by atoms with Gasteiger partial charge in [-0.15, -0.1) is 0 Å². The lowest BCUT2D eigenvalue weighted by molar-refractivity contribution is -0.131. The zero-order valence-corrected chi connectivity index (χ0v) is 11.3. The third-order valence-electron chi connectivity index (χ3n) is 2.58. The van der Waals surface area contributed by atoms with E-state index < -0.39 is 5.97 Å². The fourth-order valence-electron chi connectivity index (χ4n) is 1.63. The molecule has 2 aromatic heterocycles. The number of hydrogen-bond acceptors (Lipinski definition) is 4. The predicted molar refractivity (Wildman–Crippen MR) is 77.3 cm³/mol. The molecule has 0 radical (unpaired) electrons. The van der Waals surface area contributed by atoms with Gasteiger partial charge in [0.25, 0.3) is 0 Å². The zero-order valence-electron chi connectivity index (χ0n) is 10.5. The maximum atomic E-state index is 10.4. The zero-order chi connectivity index (χ0) is 13.7. The molecule has 2 aromatic rings. The number of hydrogen-bond donors (Lipinski definition) is 1. The van der Waals surface area contributed by atoms with Crippen LogP contribution in [0.1, 0.15) is 11.1 Å². The third kappa shape index (κ3) is 3.93. The van der Waals surface area contributed by atoms with E-state index in [9.17, 15) is 4.79 Å². The van der Waals surface area contributed by atoms with Gasteiger partial charge in [0.1, 0.15) is 5.82 Å². The molecule has 0 saturated heterocycles. The number of pyridine rings is 1. The molecular weight excluding hydrogens is 260 g/mol. The topological polar surface area (TPSA) is 53.4 Å². The first kappa shape index (κ1) is 13.3. The first-order valence-electron chi connectivity index (χ1n) is 5.74. The summed E-state index contributed by atoms with van der Waals surface area (Å²) in [6.45, 7) is 0.806. The summed E-state index contributed by atoms with van der Waals surface area (Å²) in [4.78, 5) is 16.8. The molecule has 98 valence electrons. The molecule has 4 nitrogen and oxygen atoms in total. The van der Waals surface area contributed by atoms with Gasteiger partial charge in [-0.3, -0.25) is 0 Å². The second-order valence-corrected chi connectivity index (χ2v) is 4.89.